The molecule has 0 saturated carbocycles. The summed E-state index contributed by atoms with van der Waals surface area (Å²) in [6, 6.07) is 0. The second kappa shape index (κ2) is 12.5. The molecule has 1 N–H and O–H groups in total. The van der Waals surface area contributed by atoms with Crippen LogP contribution in [0.1, 0.15) is 52.9 Å². The molecule has 0 bridgehead atoms. The Labute approximate surface area is 193 Å². The molecule has 1 unspecified atom stereocenters. The van der Waals surface area contributed by atoms with Gasteiger partial charge in [-0.1, -0.05) is 48.8 Å². The van der Waals surface area contributed by atoms with Gasteiger partial charge in [-0.05, 0) is 50.4 Å². The second-order valence-electron chi connectivity index (χ2n) is 10.4. The summed E-state index contributed by atoms with van der Waals surface area (Å²) in [5.41, 5.74) is 0. The van der Waals surface area contributed by atoms with Gasteiger partial charge in [-0.3, -0.25) is 9.69 Å². The zero-order chi connectivity index (χ0) is 22.2. The summed E-state index contributed by atoms with van der Waals surface area (Å²) < 4.78 is 6.32. The van der Waals surface area contributed by atoms with Crippen LogP contribution in [0.2, 0.25) is 18.1 Å². The Morgan fingerprint density at radius 1 is 1.13 bits per heavy atom. The Morgan fingerprint density at radius 3 is 2.30 bits per heavy atom. The monoisotopic (exact) mass is 476 g/mol. The first-order valence-electron chi connectivity index (χ1n) is 11.7. The Balaban J connectivity index is 1.60. The molecule has 0 aromatic rings. The van der Waals surface area contributed by atoms with Gasteiger partial charge in [0.15, 0.2) is 8.32 Å². The van der Waals surface area contributed by atoms with Crippen molar-refractivity contribution < 1.29 is 14.3 Å². The molecular formula is C22H44N2O3S2Si. The molecule has 0 amide bonds. The first-order chi connectivity index (χ1) is 14.1. The summed E-state index contributed by atoms with van der Waals surface area (Å²) in [7, 11) is 2.31. The Hall–Kier alpha value is 0.267. The number of carboxylic acids is 1. The lowest BCUT2D eigenvalue weighted by Gasteiger charge is -2.38. The number of hydrogen-bond acceptors (Lipinski definition) is 6. The maximum Gasteiger partial charge on any atom is 0.306 e. The first-order valence-corrected chi connectivity index (χ1v) is 17.0. The number of carboxylic acid groups (broad SMARTS) is 1. The summed E-state index contributed by atoms with van der Waals surface area (Å²) in [6.07, 6.45) is 5.14. The average Bonchev–Trinajstić information content (AvgIpc) is 3.17. The number of aliphatic carboxylic acids is 1. The number of carbonyl (C=O) groups is 1. The van der Waals surface area contributed by atoms with Gasteiger partial charge in [-0.15, -0.1) is 0 Å². The second-order valence-corrected chi connectivity index (χ2v) is 18.0. The lowest BCUT2D eigenvalue weighted by atomic mass is 9.97. The van der Waals surface area contributed by atoms with Gasteiger partial charge in [0.25, 0.3) is 0 Å². The van der Waals surface area contributed by atoms with E-state index in [0.717, 1.165) is 70.4 Å². The highest BCUT2D eigenvalue weighted by Gasteiger charge is 2.37. The van der Waals surface area contributed by atoms with Crippen LogP contribution >= 0.6 is 21.6 Å². The SMILES string of the molecule is CC(C)(C)[Si](C)(C)OCCN1CCN(CC[C@@H](CCCC2CCSS2)C(=O)O)CC1. The minimum absolute atomic E-state index is 0.180. The lowest BCUT2D eigenvalue weighted by Crippen LogP contribution is -2.49. The topological polar surface area (TPSA) is 53.0 Å². The van der Waals surface area contributed by atoms with Gasteiger partial charge < -0.3 is 14.4 Å². The highest BCUT2D eigenvalue weighted by Crippen LogP contribution is 2.40. The molecule has 0 aromatic carbocycles. The maximum atomic E-state index is 11.7. The van der Waals surface area contributed by atoms with Crippen molar-refractivity contribution in [1.82, 2.24) is 9.80 Å². The van der Waals surface area contributed by atoms with Crippen molar-refractivity contribution in [2.75, 3.05) is 51.6 Å². The predicted molar refractivity (Wildman–Crippen MR) is 134 cm³/mol. The molecule has 176 valence electrons. The molecule has 8 heteroatoms. The van der Waals surface area contributed by atoms with Crippen LogP contribution in [-0.4, -0.2) is 86.1 Å². The van der Waals surface area contributed by atoms with Gasteiger partial charge in [0.05, 0.1) is 5.92 Å². The lowest BCUT2D eigenvalue weighted by molar-refractivity contribution is -0.142. The highest BCUT2D eigenvalue weighted by molar-refractivity contribution is 8.77. The van der Waals surface area contributed by atoms with E-state index in [9.17, 15) is 9.90 Å². The molecule has 0 radical (unpaired) electrons. The largest absolute Gasteiger partial charge is 0.481 e. The van der Waals surface area contributed by atoms with E-state index in [2.05, 4.69) is 43.7 Å². The summed E-state index contributed by atoms with van der Waals surface area (Å²) in [5.74, 6) is 0.469. The molecule has 2 saturated heterocycles. The number of nitrogens with zero attached hydrogens (tertiary/aromatic N) is 2. The average molecular weight is 477 g/mol. The van der Waals surface area contributed by atoms with Crippen LogP contribution in [0.25, 0.3) is 0 Å². The van der Waals surface area contributed by atoms with Crippen molar-refractivity contribution in [2.24, 2.45) is 5.92 Å². The Kier molecular flexibility index (Phi) is 11.0. The van der Waals surface area contributed by atoms with E-state index in [1.807, 2.05) is 21.6 Å². The zero-order valence-electron chi connectivity index (χ0n) is 19.8. The molecule has 2 heterocycles. The molecule has 5 nitrogen and oxygen atoms in total. The zero-order valence-corrected chi connectivity index (χ0v) is 22.5. The van der Waals surface area contributed by atoms with Crippen molar-refractivity contribution in [2.45, 2.75) is 76.3 Å². The number of rotatable bonds is 12. The summed E-state index contributed by atoms with van der Waals surface area (Å²) in [6.45, 7) is 18.5. The molecule has 30 heavy (non-hydrogen) atoms. The van der Waals surface area contributed by atoms with Crippen molar-refractivity contribution >= 4 is 35.9 Å². The van der Waals surface area contributed by atoms with Gasteiger partial charge in [0.2, 0.25) is 0 Å². The van der Waals surface area contributed by atoms with Crippen molar-refractivity contribution in [1.29, 1.82) is 0 Å². The van der Waals surface area contributed by atoms with E-state index >= 15 is 0 Å². The minimum Gasteiger partial charge on any atom is -0.481 e. The van der Waals surface area contributed by atoms with E-state index in [4.69, 9.17) is 4.43 Å². The third-order valence-corrected chi connectivity index (χ3v) is 14.6. The van der Waals surface area contributed by atoms with Crippen LogP contribution in [0.3, 0.4) is 0 Å². The normalized spacial score (nSPS) is 23.0. The number of hydrogen-bond donors (Lipinski definition) is 1. The van der Waals surface area contributed by atoms with Gasteiger partial charge in [0, 0.05) is 50.3 Å². The van der Waals surface area contributed by atoms with Crippen LogP contribution in [0.4, 0.5) is 0 Å². The van der Waals surface area contributed by atoms with Crippen molar-refractivity contribution in [3.8, 4) is 0 Å². The van der Waals surface area contributed by atoms with Crippen LogP contribution in [0.5, 0.6) is 0 Å². The van der Waals surface area contributed by atoms with E-state index in [1.54, 1.807) is 0 Å². The van der Waals surface area contributed by atoms with Gasteiger partial charge in [-0.2, -0.15) is 0 Å². The fourth-order valence-electron chi connectivity index (χ4n) is 3.77. The standard InChI is InChI=1S/C22H44N2O3S2Si/c1-22(2,3)30(4,5)27-17-16-24-14-12-23(13-15-24)11-9-19(21(25)26)7-6-8-20-10-18-28-29-20/h19-20H,6-18H2,1-5H3,(H,25,26)/t19-,20?/m1/s1. The molecular weight excluding hydrogens is 432 g/mol. The molecule has 0 aromatic heterocycles. The summed E-state index contributed by atoms with van der Waals surface area (Å²) in [5, 5.41) is 10.6. The summed E-state index contributed by atoms with van der Waals surface area (Å²) in [4.78, 5) is 16.6. The number of piperazine rings is 1. The molecule has 2 atom stereocenters. The molecule has 0 spiro atoms. The highest BCUT2D eigenvalue weighted by atomic mass is 33.1. The maximum absolute atomic E-state index is 11.7. The summed E-state index contributed by atoms with van der Waals surface area (Å²) >= 11 is 0. The van der Waals surface area contributed by atoms with Crippen LogP contribution in [-0.2, 0) is 9.22 Å². The molecule has 0 aliphatic carbocycles. The van der Waals surface area contributed by atoms with Crippen LogP contribution < -0.4 is 0 Å². The Bertz CT molecular complexity index is 517. The van der Waals surface area contributed by atoms with Gasteiger partial charge in [0.1, 0.15) is 0 Å². The third kappa shape index (κ3) is 9.02. The van der Waals surface area contributed by atoms with E-state index in [0.29, 0.717) is 0 Å². The van der Waals surface area contributed by atoms with Crippen molar-refractivity contribution in [3.05, 3.63) is 0 Å². The quantitative estimate of drug-likeness (QED) is 0.313. The smallest absolute Gasteiger partial charge is 0.306 e. The van der Waals surface area contributed by atoms with Gasteiger partial charge in [-0.25, -0.2) is 0 Å². The fraction of sp³-hybridized carbons (Fsp3) is 0.955. The fourth-order valence-corrected chi connectivity index (χ4v) is 7.83. The molecule has 2 aliphatic rings. The van der Waals surface area contributed by atoms with Gasteiger partial charge >= 0.3 is 5.97 Å². The molecule has 2 fully saturated rings. The van der Waals surface area contributed by atoms with Crippen LogP contribution in [0, 0.1) is 5.92 Å². The first kappa shape index (κ1) is 26.5. The Morgan fingerprint density at radius 2 is 1.77 bits per heavy atom. The predicted octanol–water partition coefficient (Wildman–Crippen LogP) is 5.04. The molecule has 2 aliphatic heterocycles. The molecule has 2 rings (SSSR count). The van der Waals surface area contributed by atoms with Crippen molar-refractivity contribution in [3.63, 3.8) is 0 Å². The minimum atomic E-state index is -1.65. The van der Waals surface area contributed by atoms with E-state index in [-0.39, 0.29) is 11.0 Å². The van der Waals surface area contributed by atoms with E-state index < -0.39 is 14.3 Å². The third-order valence-electron chi connectivity index (χ3n) is 7.09. The van der Waals surface area contributed by atoms with E-state index in [1.165, 1.54) is 18.6 Å². The van der Waals surface area contributed by atoms with Crippen LogP contribution in [0.15, 0.2) is 0 Å².